The first-order valence-corrected chi connectivity index (χ1v) is 9.52. The highest BCUT2D eigenvalue weighted by Gasteiger charge is 2.26. The Morgan fingerprint density at radius 1 is 1.12 bits per heavy atom. The van der Waals surface area contributed by atoms with Gasteiger partial charge < -0.3 is 14.8 Å². The van der Waals surface area contributed by atoms with Crippen LogP contribution in [-0.4, -0.2) is 32.1 Å². The van der Waals surface area contributed by atoms with Crippen LogP contribution in [0.3, 0.4) is 0 Å². The van der Waals surface area contributed by atoms with Gasteiger partial charge in [-0.3, -0.25) is 0 Å². The quantitative estimate of drug-likeness (QED) is 0.781. The standard InChI is InChI=1S/C20H24N6/c1-13(2)26-12-21-17-18(22-16-7-8-16)23-20(24-19(17)26)25-10-9-14-5-3-4-6-15(14)11-25/h3-6,12-13,16H,7-11H2,1-2H3,(H,22,23,24). The predicted octanol–water partition coefficient (Wildman–Crippen LogP) is 3.54. The number of imidazole rings is 1. The highest BCUT2D eigenvalue weighted by molar-refractivity contribution is 5.84. The van der Waals surface area contributed by atoms with Crippen LogP contribution in [-0.2, 0) is 13.0 Å². The molecule has 0 saturated heterocycles. The summed E-state index contributed by atoms with van der Waals surface area (Å²) in [5.41, 5.74) is 4.61. The predicted molar refractivity (Wildman–Crippen MR) is 104 cm³/mol. The molecular formula is C20H24N6. The van der Waals surface area contributed by atoms with Crippen LogP contribution >= 0.6 is 0 Å². The van der Waals surface area contributed by atoms with Gasteiger partial charge in [0.05, 0.1) is 6.33 Å². The Bertz CT molecular complexity index is 956. The van der Waals surface area contributed by atoms with Crippen LogP contribution in [0.5, 0.6) is 0 Å². The molecule has 6 nitrogen and oxygen atoms in total. The molecule has 6 heteroatoms. The number of aromatic nitrogens is 4. The molecule has 0 amide bonds. The van der Waals surface area contributed by atoms with E-state index in [1.165, 1.54) is 24.0 Å². The monoisotopic (exact) mass is 348 g/mol. The molecule has 3 aromatic rings. The molecule has 5 rings (SSSR count). The molecule has 1 aliphatic heterocycles. The maximum Gasteiger partial charge on any atom is 0.229 e. The van der Waals surface area contributed by atoms with E-state index < -0.39 is 0 Å². The summed E-state index contributed by atoms with van der Waals surface area (Å²) in [4.78, 5) is 16.7. The minimum atomic E-state index is 0.318. The van der Waals surface area contributed by atoms with Crippen LogP contribution in [0.1, 0.15) is 43.9 Å². The zero-order valence-electron chi connectivity index (χ0n) is 15.3. The van der Waals surface area contributed by atoms with Crippen LogP contribution in [0, 0.1) is 0 Å². The van der Waals surface area contributed by atoms with Gasteiger partial charge in [0.1, 0.15) is 0 Å². The van der Waals surface area contributed by atoms with Gasteiger partial charge in [0.25, 0.3) is 0 Å². The maximum atomic E-state index is 4.92. The summed E-state index contributed by atoms with van der Waals surface area (Å²) in [6.07, 6.45) is 5.34. The molecule has 3 heterocycles. The average Bonchev–Trinajstić information content (AvgIpc) is 3.36. The number of nitrogens with one attached hydrogen (secondary N) is 1. The minimum Gasteiger partial charge on any atom is -0.365 e. The molecule has 0 unspecified atom stereocenters. The fraction of sp³-hybridized carbons (Fsp3) is 0.450. The molecule has 26 heavy (non-hydrogen) atoms. The van der Waals surface area contributed by atoms with Crippen LogP contribution in [0.15, 0.2) is 30.6 Å². The van der Waals surface area contributed by atoms with Crippen molar-refractivity contribution in [2.75, 3.05) is 16.8 Å². The summed E-state index contributed by atoms with van der Waals surface area (Å²) >= 11 is 0. The number of fused-ring (bicyclic) bond motifs is 2. The van der Waals surface area contributed by atoms with Crippen molar-refractivity contribution in [1.82, 2.24) is 19.5 Å². The van der Waals surface area contributed by atoms with Crippen molar-refractivity contribution in [3.63, 3.8) is 0 Å². The summed E-state index contributed by atoms with van der Waals surface area (Å²) in [6, 6.07) is 9.52. The highest BCUT2D eigenvalue weighted by atomic mass is 15.3. The zero-order valence-corrected chi connectivity index (χ0v) is 15.3. The molecule has 0 bridgehead atoms. The van der Waals surface area contributed by atoms with Gasteiger partial charge in [-0.2, -0.15) is 9.97 Å². The van der Waals surface area contributed by atoms with Gasteiger partial charge in [0.15, 0.2) is 17.0 Å². The van der Waals surface area contributed by atoms with Crippen molar-refractivity contribution in [3.8, 4) is 0 Å². The van der Waals surface area contributed by atoms with Crippen molar-refractivity contribution in [1.29, 1.82) is 0 Å². The molecule has 2 aromatic heterocycles. The van der Waals surface area contributed by atoms with Crippen molar-refractivity contribution >= 4 is 22.9 Å². The van der Waals surface area contributed by atoms with Crippen LogP contribution < -0.4 is 10.2 Å². The Labute approximate surface area is 153 Å². The molecule has 134 valence electrons. The molecule has 2 aliphatic rings. The molecule has 1 aliphatic carbocycles. The maximum absolute atomic E-state index is 4.92. The smallest absolute Gasteiger partial charge is 0.229 e. The van der Waals surface area contributed by atoms with Crippen molar-refractivity contribution in [3.05, 3.63) is 41.7 Å². The van der Waals surface area contributed by atoms with E-state index in [4.69, 9.17) is 9.97 Å². The molecule has 1 fully saturated rings. The lowest BCUT2D eigenvalue weighted by Gasteiger charge is -2.29. The lowest BCUT2D eigenvalue weighted by molar-refractivity contribution is 0.611. The first-order valence-electron chi connectivity index (χ1n) is 9.52. The van der Waals surface area contributed by atoms with E-state index in [1.54, 1.807) is 0 Å². The van der Waals surface area contributed by atoms with E-state index in [0.29, 0.717) is 12.1 Å². The largest absolute Gasteiger partial charge is 0.365 e. The van der Waals surface area contributed by atoms with Gasteiger partial charge in [-0.05, 0) is 44.2 Å². The molecule has 1 N–H and O–H groups in total. The van der Waals surface area contributed by atoms with E-state index in [-0.39, 0.29) is 0 Å². The number of rotatable bonds is 4. The number of hydrogen-bond donors (Lipinski definition) is 1. The molecule has 0 spiro atoms. The van der Waals surface area contributed by atoms with Crippen LogP contribution in [0.4, 0.5) is 11.8 Å². The van der Waals surface area contributed by atoms with Gasteiger partial charge in [0.2, 0.25) is 5.95 Å². The van der Waals surface area contributed by atoms with E-state index >= 15 is 0 Å². The summed E-state index contributed by atoms with van der Waals surface area (Å²) < 4.78 is 2.14. The first-order chi connectivity index (χ1) is 12.7. The Hall–Kier alpha value is -2.63. The highest BCUT2D eigenvalue weighted by Crippen LogP contribution is 2.31. The Kier molecular flexibility index (Phi) is 3.58. The molecular weight excluding hydrogens is 324 g/mol. The van der Waals surface area contributed by atoms with Crippen molar-refractivity contribution < 1.29 is 0 Å². The molecule has 0 radical (unpaired) electrons. The third-order valence-electron chi connectivity index (χ3n) is 5.30. The lowest BCUT2D eigenvalue weighted by Crippen LogP contribution is -2.32. The Morgan fingerprint density at radius 2 is 1.92 bits per heavy atom. The average molecular weight is 348 g/mol. The minimum absolute atomic E-state index is 0.318. The fourth-order valence-electron chi connectivity index (χ4n) is 3.61. The molecule has 1 saturated carbocycles. The van der Waals surface area contributed by atoms with Crippen LogP contribution in [0.25, 0.3) is 11.2 Å². The van der Waals surface area contributed by atoms with Gasteiger partial charge >= 0.3 is 0 Å². The number of hydrogen-bond acceptors (Lipinski definition) is 5. The summed E-state index contributed by atoms with van der Waals surface area (Å²) in [6.45, 7) is 6.13. The van der Waals surface area contributed by atoms with Gasteiger partial charge in [-0.25, -0.2) is 4.98 Å². The Morgan fingerprint density at radius 3 is 2.69 bits per heavy atom. The number of anilines is 2. The fourth-order valence-corrected chi connectivity index (χ4v) is 3.61. The third kappa shape index (κ3) is 2.69. The molecule has 1 aromatic carbocycles. The van der Waals surface area contributed by atoms with Crippen molar-refractivity contribution in [2.24, 2.45) is 0 Å². The topological polar surface area (TPSA) is 58.9 Å². The SMILES string of the molecule is CC(C)n1cnc2c(NC3CC3)nc(N3CCc4ccccc4C3)nc21. The van der Waals surface area contributed by atoms with Crippen LogP contribution in [0.2, 0.25) is 0 Å². The normalized spacial score (nSPS) is 17.0. The number of benzene rings is 1. The summed E-state index contributed by atoms with van der Waals surface area (Å²) in [5, 5.41) is 3.56. The Balaban J connectivity index is 1.57. The second kappa shape index (κ2) is 5.97. The van der Waals surface area contributed by atoms with E-state index in [1.807, 2.05) is 6.33 Å². The molecule has 0 atom stereocenters. The van der Waals surface area contributed by atoms with E-state index in [2.05, 4.69) is 57.9 Å². The zero-order chi connectivity index (χ0) is 17.7. The van der Waals surface area contributed by atoms with E-state index in [9.17, 15) is 0 Å². The van der Waals surface area contributed by atoms with Crippen molar-refractivity contribution in [2.45, 2.75) is 51.7 Å². The first kappa shape index (κ1) is 15.6. The van der Waals surface area contributed by atoms with E-state index in [0.717, 1.165) is 42.4 Å². The van der Waals surface area contributed by atoms with Gasteiger partial charge in [-0.1, -0.05) is 24.3 Å². The lowest BCUT2D eigenvalue weighted by atomic mass is 10.0. The second-order valence-corrected chi connectivity index (χ2v) is 7.65. The number of nitrogens with zero attached hydrogens (tertiary/aromatic N) is 5. The summed E-state index contributed by atoms with van der Waals surface area (Å²) in [5.74, 6) is 1.68. The second-order valence-electron chi connectivity index (χ2n) is 7.65. The summed E-state index contributed by atoms with van der Waals surface area (Å²) in [7, 11) is 0. The van der Waals surface area contributed by atoms with Gasteiger partial charge in [-0.15, -0.1) is 0 Å². The van der Waals surface area contributed by atoms with Gasteiger partial charge in [0, 0.05) is 25.2 Å². The third-order valence-corrected chi connectivity index (χ3v) is 5.30.